The Morgan fingerprint density at radius 1 is 1.22 bits per heavy atom. The third kappa shape index (κ3) is 4.94. The van der Waals surface area contributed by atoms with E-state index >= 15 is 0 Å². The lowest BCUT2D eigenvalue weighted by Gasteiger charge is -2.11. The van der Waals surface area contributed by atoms with Crippen LogP contribution in [0.25, 0.3) is 5.65 Å². The van der Waals surface area contributed by atoms with E-state index in [1.54, 1.807) is 7.05 Å². The molecule has 0 unspecified atom stereocenters. The van der Waals surface area contributed by atoms with Crippen LogP contribution < -0.4 is 16.0 Å². The number of fused-ring (bicyclic) bond motifs is 1. The minimum Gasteiger partial charge on any atom is -0.356 e. The van der Waals surface area contributed by atoms with E-state index in [0.717, 1.165) is 17.9 Å². The number of aliphatic imine (C=N–C) groups is 1. The standard InChI is InChI=1S/C15H23N7O/c1-3-8-17-14(23)7-9-18-15(16-2)19-11-13-21-20-12-6-4-5-10-22(12)13/h4-6,10H,3,7-9,11H2,1-2H3,(H,17,23)(H2,16,18,19). The summed E-state index contributed by atoms with van der Waals surface area (Å²) in [4.78, 5) is 15.7. The van der Waals surface area contributed by atoms with Crippen LogP contribution in [-0.2, 0) is 11.3 Å². The number of hydrogen-bond acceptors (Lipinski definition) is 4. The molecule has 0 saturated heterocycles. The van der Waals surface area contributed by atoms with Crippen LogP contribution in [0.1, 0.15) is 25.6 Å². The molecule has 0 bridgehead atoms. The molecule has 124 valence electrons. The van der Waals surface area contributed by atoms with Crippen LogP contribution in [-0.4, -0.2) is 46.6 Å². The molecule has 2 aromatic heterocycles. The third-order valence-corrected chi connectivity index (χ3v) is 3.24. The van der Waals surface area contributed by atoms with E-state index in [0.29, 0.717) is 32.0 Å². The van der Waals surface area contributed by atoms with Crippen LogP contribution in [0.4, 0.5) is 0 Å². The number of guanidine groups is 1. The zero-order valence-electron chi connectivity index (χ0n) is 13.5. The smallest absolute Gasteiger partial charge is 0.221 e. The third-order valence-electron chi connectivity index (χ3n) is 3.24. The molecule has 0 aliphatic rings. The first-order valence-corrected chi connectivity index (χ1v) is 7.74. The first-order valence-electron chi connectivity index (χ1n) is 7.74. The van der Waals surface area contributed by atoms with Crippen molar-refractivity contribution in [1.29, 1.82) is 0 Å². The Balaban J connectivity index is 1.78. The lowest BCUT2D eigenvalue weighted by atomic mass is 10.4. The highest BCUT2D eigenvalue weighted by atomic mass is 16.1. The molecule has 2 aromatic rings. The number of carbonyl (C=O) groups is 1. The van der Waals surface area contributed by atoms with Gasteiger partial charge in [-0.25, -0.2) is 0 Å². The van der Waals surface area contributed by atoms with E-state index in [1.165, 1.54) is 0 Å². The van der Waals surface area contributed by atoms with Gasteiger partial charge in [-0.05, 0) is 18.6 Å². The summed E-state index contributed by atoms with van der Waals surface area (Å²) in [5.74, 6) is 1.46. The molecule has 0 aliphatic carbocycles. The van der Waals surface area contributed by atoms with Gasteiger partial charge in [-0.2, -0.15) is 0 Å². The molecule has 1 amide bonds. The Morgan fingerprint density at radius 3 is 2.87 bits per heavy atom. The molecule has 2 heterocycles. The lowest BCUT2D eigenvalue weighted by Crippen LogP contribution is -2.39. The first-order chi connectivity index (χ1) is 11.2. The summed E-state index contributed by atoms with van der Waals surface area (Å²) in [6, 6.07) is 5.76. The molecule has 8 nitrogen and oxygen atoms in total. The van der Waals surface area contributed by atoms with Crippen molar-refractivity contribution in [3.63, 3.8) is 0 Å². The van der Waals surface area contributed by atoms with Gasteiger partial charge in [0.25, 0.3) is 0 Å². The molecule has 0 radical (unpaired) electrons. The summed E-state index contributed by atoms with van der Waals surface area (Å²) in [7, 11) is 1.69. The fourth-order valence-electron chi connectivity index (χ4n) is 2.04. The van der Waals surface area contributed by atoms with Crippen molar-refractivity contribution >= 4 is 17.5 Å². The monoisotopic (exact) mass is 317 g/mol. The molecule has 2 rings (SSSR count). The SMILES string of the molecule is CCCNC(=O)CCNC(=NC)NCc1nnc2ccccn12. The average molecular weight is 317 g/mol. The van der Waals surface area contributed by atoms with Crippen LogP contribution in [0.2, 0.25) is 0 Å². The number of nitrogens with zero attached hydrogens (tertiary/aromatic N) is 4. The molecule has 0 fully saturated rings. The van der Waals surface area contributed by atoms with Crippen LogP contribution in [0.5, 0.6) is 0 Å². The van der Waals surface area contributed by atoms with Gasteiger partial charge >= 0.3 is 0 Å². The molecule has 23 heavy (non-hydrogen) atoms. The van der Waals surface area contributed by atoms with Crippen LogP contribution in [0.3, 0.4) is 0 Å². The maximum Gasteiger partial charge on any atom is 0.221 e. The molecular weight excluding hydrogens is 294 g/mol. The Bertz CT molecular complexity index is 665. The number of amides is 1. The highest BCUT2D eigenvalue weighted by Crippen LogP contribution is 2.02. The summed E-state index contributed by atoms with van der Waals surface area (Å²) in [6.45, 7) is 3.76. The maximum absolute atomic E-state index is 11.5. The van der Waals surface area contributed by atoms with Gasteiger partial charge < -0.3 is 16.0 Å². The largest absolute Gasteiger partial charge is 0.356 e. The van der Waals surface area contributed by atoms with Gasteiger partial charge in [0.2, 0.25) is 5.91 Å². The Morgan fingerprint density at radius 2 is 2.09 bits per heavy atom. The highest BCUT2D eigenvalue weighted by molar-refractivity contribution is 5.81. The van der Waals surface area contributed by atoms with E-state index < -0.39 is 0 Å². The van der Waals surface area contributed by atoms with E-state index in [4.69, 9.17) is 0 Å². The second-order valence-electron chi connectivity index (χ2n) is 5.00. The van der Waals surface area contributed by atoms with Gasteiger partial charge in [0, 0.05) is 32.8 Å². The second kappa shape index (κ2) is 8.72. The van der Waals surface area contributed by atoms with Crippen molar-refractivity contribution in [1.82, 2.24) is 30.5 Å². The summed E-state index contributed by atoms with van der Waals surface area (Å²) < 4.78 is 1.92. The Kier molecular flexibility index (Phi) is 6.34. The van der Waals surface area contributed by atoms with Crippen molar-refractivity contribution in [2.24, 2.45) is 4.99 Å². The predicted molar refractivity (Wildman–Crippen MR) is 89.1 cm³/mol. The van der Waals surface area contributed by atoms with Crippen LogP contribution >= 0.6 is 0 Å². The number of hydrogen-bond donors (Lipinski definition) is 3. The van der Waals surface area contributed by atoms with E-state index in [-0.39, 0.29) is 5.91 Å². The summed E-state index contributed by atoms with van der Waals surface area (Å²) in [5, 5.41) is 17.4. The van der Waals surface area contributed by atoms with Gasteiger partial charge in [-0.15, -0.1) is 10.2 Å². The molecule has 0 spiro atoms. The van der Waals surface area contributed by atoms with Crippen molar-refractivity contribution in [3.8, 4) is 0 Å². The summed E-state index contributed by atoms with van der Waals surface area (Å²) in [6.07, 6.45) is 3.27. The highest BCUT2D eigenvalue weighted by Gasteiger charge is 2.06. The van der Waals surface area contributed by atoms with Crippen LogP contribution in [0.15, 0.2) is 29.4 Å². The zero-order valence-corrected chi connectivity index (χ0v) is 13.5. The summed E-state index contributed by atoms with van der Waals surface area (Å²) in [5.41, 5.74) is 0.805. The van der Waals surface area contributed by atoms with E-state index in [2.05, 4.69) is 31.1 Å². The van der Waals surface area contributed by atoms with Gasteiger partial charge in [-0.3, -0.25) is 14.2 Å². The van der Waals surface area contributed by atoms with Gasteiger partial charge in [0.1, 0.15) is 0 Å². The minimum absolute atomic E-state index is 0.0400. The number of carbonyl (C=O) groups excluding carboxylic acids is 1. The number of nitrogens with one attached hydrogen (secondary N) is 3. The minimum atomic E-state index is 0.0400. The van der Waals surface area contributed by atoms with Gasteiger partial charge in [0.15, 0.2) is 17.4 Å². The Labute approximate surface area is 135 Å². The normalized spacial score (nSPS) is 11.5. The summed E-state index contributed by atoms with van der Waals surface area (Å²) >= 11 is 0. The fourth-order valence-corrected chi connectivity index (χ4v) is 2.04. The molecule has 3 N–H and O–H groups in total. The molecular formula is C15H23N7O. The van der Waals surface area contributed by atoms with Crippen molar-refractivity contribution in [3.05, 3.63) is 30.2 Å². The van der Waals surface area contributed by atoms with Crippen molar-refractivity contribution < 1.29 is 4.79 Å². The molecule has 0 aliphatic heterocycles. The quantitative estimate of drug-likeness (QED) is 0.504. The molecule has 8 heteroatoms. The number of pyridine rings is 1. The second-order valence-corrected chi connectivity index (χ2v) is 5.00. The molecule has 0 aromatic carbocycles. The van der Waals surface area contributed by atoms with E-state index in [1.807, 2.05) is 35.7 Å². The Hall–Kier alpha value is -2.64. The topological polar surface area (TPSA) is 95.7 Å². The molecule has 0 saturated carbocycles. The fraction of sp³-hybridized carbons (Fsp3) is 0.467. The van der Waals surface area contributed by atoms with Crippen LogP contribution in [0, 0.1) is 0 Å². The maximum atomic E-state index is 11.5. The zero-order chi connectivity index (χ0) is 16.5. The van der Waals surface area contributed by atoms with Crippen molar-refractivity contribution in [2.75, 3.05) is 20.1 Å². The first kappa shape index (κ1) is 16.7. The van der Waals surface area contributed by atoms with E-state index in [9.17, 15) is 4.79 Å². The van der Waals surface area contributed by atoms with Gasteiger partial charge in [0.05, 0.1) is 6.54 Å². The molecule has 0 atom stereocenters. The number of aromatic nitrogens is 3. The predicted octanol–water partition coefficient (Wildman–Crippen LogP) is 0.311. The average Bonchev–Trinajstić information content (AvgIpc) is 2.99. The lowest BCUT2D eigenvalue weighted by molar-refractivity contribution is -0.120. The van der Waals surface area contributed by atoms with Crippen molar-refractivity contribution in [2.45, 2.75) is 26.3 Å². The van der Waals surface area contributed by atoms with Gasteiger partial charge in [-0.1, -0.05) is 13.0 Å². The number of rotatable bonds is 7.